The number of fused-ring (bicyclic) bond motifs is 6. The lowest BCUT2D eigenvalue weighted by Crippen LogP contribution is -2.08. The molecule has 0 bridgehead atoms. The van der Waals surface area contributed by atoms with Gasteiger partial charge in [0.2, 0.25) is 0 Å². The normalized spacial score (nSPS) is 13.0. The second kappa shape index (κ2) is 12.0. The van der Waals surface area contributed by atoms with E-state index in [1.807, 2.05) is 36.4 Å². The molecular formula is C42H34N2. The molecule has 0 spiro atoms. The lowest BCUT2D eigenvalue weighted by Gasteiger charge is -2.17. The van der Waals surface area contributed by atoms with Crippen LogP contribution < -0.4 is 5.73 Å². The first-order valence-electron chi connectivity index (χ1n) is 15.3. The minimum Gasteiger partial charge on any atom is -0.398 e. The van der Waals surface area contributed by atoms with Crippen molar-refractivity contribution in [3.05, 3.63) is 174 Å². The Morgan fingerprint density at radius 3 is 1.75 bits per heavy atom. The van der Waals surface area contributed by atoms with Crippen LogP contribution in [0.4, 0.5) is 0 Å². The van der Waals surface area contributed by atoms with E-state index in [0.717, 1.165) is 34.4 Å². The summed E-state index contributed by atoms with van der Waals surface area (Å²) >= 11 is 0. The Labute approximate surface area is 258 Å². The van der Waals surface area contributed by atoms with Crippen LogP contribution in [-0.2, 0) is 0 Å². The van der Waals surface area contributed by atoms with Gasteiger partial charge in [-0.05, 0) is 73.1 Å². The lowest BCUT2D eigenvalue weighted by molar-refractivity contribution is 0.702. The third-order valence-electron chi connectivity index (χ3n) is 8.52. The lowest BCUT2D eigenvalue weighted by atomic mass is 9.90. The van der Waals surface area contributed by atoms with E-state index >= 15 is 0 Å². The summed E-state index contributed by atoms with van der Waals surface area (Å²) in [6.07, 6.45) is 2.92. The third-order valence-corrected chi connectivity index (χ3v) is 8.52. The highest BCUT2D eigenvalue weighted by Crippen LogP contribution is 2.38. The largest absolute Gasteiger partial charge is 0.398 e. The van der Waals surface area contributed by atoms with Gasteiger partial charge in [-0.1, -0.05) is 153 Å². The molecule has 2 heteroatoms. The zero-order valence-corrected chi connectivity index (χ0v) is 24.8. The second-order valence-electron chi connectivity index (χ2n) is 11.2. The minimum absolute atomic E-state index is 0.00555. The molecule has 0 aliphatic rings. The first kappa shape index (κ1) is 27.4. The molecule has 1 unspecified atom stereocenters. The van der Waals surface area contributed by atoms with Crippen molar-refractivity contribution in [1.29, 1.82) is 0 Å². The van der Waals surface area contributed by atoms with Gasteiger partial charge in [0.15, 0.2) is 0 Å². The molecule has 1 atom stereocenters. The van der Waals surface area contributed by atoms with Crippen LogP contribution in [0.3, 0.4) is 0 Å². The van der Waals surface area contributed by atoms with Crippen LogP contribution in [0, 0.1) is 0 Å². The molecule has 0 aliphatic heterocycles. The van der Waals surface area contributed by atoms with Gasteiger partial charge >= 0.3 is 0 Å². The molecule has 0 saturated carbocycles. The molecular weight excluding hydrogens is 532 g/mol. The molecule has 7 aromatic carbocycles. The maximum absolute atomic E-state index is 6.75. The highest BCUT2D eigenvalue weighted by molar-refractivity contribution is 6.26. The Kier molecular flexibility index (Phi) is 7.48. The molecule has 7 aromatic rings. The smallest absolute Gasteiger partial charge is 0.0753 e. The summed E-state index contributed by atoms with van der Waals surface area (Å²) in [6, 6.07) is 53.5. The van der Waals surface area contributed by atoms with E-state index in [1.165, 1.54) is 37.9 Å². The Balaban J connectivity index is 1.45. The quantitative estimate of drug-likeness (QED) is 0.151. The van der Waals surface area contributed by atoms with E-state index in [2.05, 4.69) is 128 Å². The summed E-state index contributed by atoms with van der Waals surface area (Å²) in [6.45, 7) is 2.19. The topological polar surface area (TPSA) is 38.4 Å². The predicted molar refractivity (Wildman–Crippen MR) is 189 cm³/mol. The number of nitrogens with two attached hydrogens (primary N) is 1. The van der Waals surface area contributed by atoms with Crippen LogP contribution in [0.15, 0.2) is 163 Å². The van der Waals surface area contributed by atoms with E-state index in [4.69, 9.17) is 10.7 Å². The molecule has 0 amide bonds. The molecule has 7 rings (SSSR count). The van der Waals surface area contributed by atoms with Gasteiger partial charge in [0.1, 0.15) is 0 Å². The van der Waals surface area contributed by atoms with Gasteiger partial charge in [0, 0.05) is 11.3 Å². The van der Waals surface area contributed by atoms with Gasteiger partial charge in [-0.3, -0.25) is 4.99 Å². The zero-order valence-electron chi connectivity index (χ0n) is 24.8. The minimum atomic E-state index is 0.00555. The van der Waals surface area contributed by atoms with Crippen molar-refractivity contribution in [2.45, 2.75) is 19.4 Å². The molecule has 0 fully saturated rings. The molecule has 212 valence electrons. The first-order valence-corrected chi connectivity index (χ1v) is 15.3. The predicted octanol–water partition coefficient (Wildman–Crippen LogP) is 10.8. The van der Waals surface area contributed by atoms with Crippen LogP contribution in [0.25, 0.3) is 49.1 Å². The van der Waals surface area contributed by atoms with E-state index in [-0.39, 0.29) is 6.04 Å². The van der Waals surface area contributed by atoms with Gasteiger partial charge in [0.05, 0.1) is 11.8 Å². The van der Waals surface area contributed by atoms with Crippen molar-refractivity contribution in [2.24, 2.45) is 10.7 Å². The van der Waals surface area contributed by atoms with Crippen molar-refractivity contribution in [3.63, 3.8) is 0 Å². The third kappa shape index (κ3) is 5.16. The molecule has 0 radical (unpaired) electrons. The molecule has 0 heterocycles. The zero-order chi connectivity index (χ0) is 29.9. The van der Waals surface area contributed by atoms with Gasteiger partial charge < -0.3 is 5.73 Å². The number of hydrogen-bond donors (Lipinski definition) is 1. The Morgan fingerprint density at radius 1 is 0.591 bits per heavy atom. The molecule has 2 N–H and O–H groups in total. The number of rotatable bonds is 7. The highest BCUT2D eigenvalue weighted by atomic mass is 14.8. The number of benzene rings is 7. The van der Waals surface area contributed by atoms with Crippen molar-refractivity contribution < 1.29 is 0 Å². The number of aliphatic imine (C=N–C) groups is 1. The molecule has 0 aromatic heterocycles. The molecule has 44 heavy (non-hydrogen) atoms. The molecule has 0 aliphatic carbocycles. The first-order chi connectivity index (χ1) is 21.7. The fourth-order valence-corrected chi connectivity index (χ4v) is 6.32. The Hall–Kier alpha value is -5.47. The van der Waals surface area contributed by atoms with Crippen LogP contribution in [0.1, 0.15) is 36.1 Å². The van der Waals surface area contributed by atoms with Crippen molar-refractivity contribution in [2.75, 3.05) is 0 Å². The number of hydrogen-bond acceptors (Lipinski definition) is 2. The number of nitrogens with zero attached hydrogens (tertiary/aromatic N) is 1. The summed E-state index contributed by atoms with van der Waals surface area (Å²) < 4.78 is 0. The van der Waals surface area contributed by atoms with Crippen LogP contribution >= 0.6 is 0 Å². The van der Waals surface area contributed by atoms with E-state index in [1.54, 1.807) is 0 Å². The van der Waals surface area contributed by atoms with Crippen LogP contribution in [0.2, 0.25) is 0 Å². The standard InChI is InChI=1S/C42H34N2/c1-2-41(30-17-7-4-8-18-30)44-42(28-40(43)29-15-5-3-6-16-29)38-24-14-9-19-32(38)31-25-26-37-35-22-11-10-20-33(35)34-21-12-13-23-36(34)39(37)27-31/h3-28,41H,2,43H2,1H3/b40-28-,44-42?. The van der Waals surface area contributed by atoms with Gasteiger partial charge in [-0.25, -0.2) is 0 Å². The van der Waals surface area contributed by atoms with Crippen molar-refractivity contribution in [3.8, 4) is 11.1 Å². The summed E-state index contributed by atoms with van der Waals surface area (Å²) in [4.78, 5) is 5.40. The molecule has 0 saturated heterocycles. The summed E-state index contributed by atoms with van der Waals surface area (Å²) in [5.74, 6) is 0. The van der Waals surface area contributed by atoms with Crippen LogP contribution in [0.5, 0.6) is 0 Å². The number of allylic oxidation sites excluding steroid dienone is 1. The van der Waals surface area contributed by atoms with Crippen molar-refractivity contribution in [1.82, 2.24) is 0 Å². The maximum Gasteiger partial charge on any atom is 0.0753 e. The summed E-state index contributed by atoms with van der Waals surface area (Å²) in [7, 11) is 0. The van der Waals surface area contributed by atoms with E-state index < -0.39 is 0 Å². The maximum atomic E-state index is 6.75. The Bertz CT molecular complexity index is 2120. The van der Waals surface area contributed by atoms with Gasteiger partial charge in [-0.2, -0.15) is 0 Å². The monoisotopic (exact) mass is 566 g/mol. The SMILES string of the molecule is CCC(N=C(/C=C(\N)c1ccccc1)c1ccccc1-c1ccc2c3ccccc3c3ccccc3c2c1)c1ccccc1. The Morgan fingerprint density at radius 2 is 1.11 bits per heavy atom. The fourth-order valence-electron chi connectivity index (χ4n) is 6.32. The average molecular weight is 567 g/mol. The molecule has 2 nitrogen and oxygen atoms in total. The van der Waals surface area contributed by atoms with E-state index in [0.29, 0.717) is 5.70 Å². The van der Waals surface area contributed by atoms with Crippen LogP contribution in [-0.4, -0.2) is 5.71 Å². The van der Waals surface area contributed by atoms with Gasteiger partial charge in [0.25, 0.3) is 0 Å². The summed E-state index contributed by atoms with van der Waals surface area (Å²) in [5.41, 5.74) is 13.8. The highest BCUT2D eigenvalue weighted by Gasteiger charge is 2.16. The fraction of sp³-hybridized carbons (Fsp3) is 0.0714. The summed E-state index contributed by atoms with van der Waals surface area (Å²) in [5, 5.41) is 7.60. The second-order valence-corrected chi connectivity index (χ2v) is 11.2. The average Bonchev–Trinajstić information content (AvgIpc) is 3.10. The van der Waals surface area contributed by atoms with Crippen molar-refractivity contribution >= 4 is 43.7 Å². The van der Waals surface area contributed by atoms with Gasteiger partial charge in [-0.15, -0.1) is 0 Å². The van der Waals surface area contributed by atoms with E-state index in [9.17, 15) is 0 Å².